The summed E-state index contributed by atoms with van der Waals surface area (Å²) in [6, 6.07) is 16.3. The van der Waals surface area contributed by atoms with Crippen LogP contribution < -0.4 is 16.4 Å². The molecule has 0 bridgehead atoms. The molecule has 4 N–H and O–H groups in total. The summed E-state index contributed by atoms with van der Waals surface area (Å²) in [6.07, 6.45) is 5.04. The molecule has 0 fully saturated rings. The molecule has 0 unspecified atom stereocenters. The highest BCUT2D eigenvalue weighted by Crippen LogP contribution is 2.32. The Morgan fingerprint density at radius 3 is 2.41 bits per heavy atom. The van der Waals surface area contributed by atoms with Gasteiger partial charge in [-0.2, -0.15) is 5.10 Å². The highest BCUT2D eigenvalue weighted by molar-refractivity contribution is 6.29. The van der Waals surface area contributed by atoms with Gasteiger partial charge in [0.15, 0.2) is 11.5 Å². The van der Waals surface area contributed by atoms with Gasteiger partial charge in [-0.15, -0.1) is 0 Å². The predicted octanol–water partition coefficient (Wildman–Crippen LogP) is 4.60. The average Bonchev–Trinajstić information content (AvgIpc) is 3.18. The Labute approximate surface area is 203 Å². The summed E-state index contributed by atoms with van der Waals surface area (Å²) in [6.45, 7) is 2.73. The number of carbonyl (C=O) groups is 2. The Hall–Kier alpha value is -3.84. The lowest BCUT2D eigenvalue weighted by molar-refractivity contribution is 0.0954. The Kier molecular flexibility index (Phi) is 7.13. The van der Waals surface area contributed by atoms with Crippen LogP contribution in [0.2, 0.25) is 0 Å². The number of anilines is 2. The maximum Gasteiger partial charge on any atom is 0.251 e. The maximum atomic E-state index is 13.2. The number of nitrogen functional groups attached to an aromatic ring is 1. The van der Waals surface area contributed by atoms with E-state index in [1.54, 1.807) is 28.9 Å². The zero-order chi connectivity index (χ0) is 24.1. The molecule has 8 heteroatoms. The molecule has 1 aliphatic carbocycles. The highest BCUT2D eigenvalue weighted by Gasteiger charge is 2.24. The van der Waals surface area contributed by atoms with Gasteiger partial charge in [0.1, 0.15) is 5.69 Å². The lowest BCUT2D eigenvalue weighted by Crippen LogP contribution is -2.29. The summed E-state index contributed by atoms with van der Waals surface area (Å²) >= 11 is 6.12. The molecule has 1 aromatic heterocycles. The van der Waals surface area contributed by atoms with E-state index in [9.17, 15) is 9.59 Å². The first kappa shape index (κ1) is 23.3. The van der Waals surface area contributed by atoms with E-state index in [4.69, 9.17) is 17.3 Å². The molecule has 34 heavy (non-hydrogen) atoms. The number of rotatable bonds is 8. The van der Waals surface area contributed by atoms with Crippen molar-refractivity contribution in [2.75, 3.05) is 24.1 Å². The van der Waals surface area contributed by atoms with Crippen LogP contribution in [-0.2, 0) is 0 Å². The largest absolute Gasteiger partial charge is 0.394 e. The minimum Gasteiger partial charge on any atom is -0.394 e. The number of nitrogens with one attached hydrogen (secondary N) is 2. The smallest absolute Gasteiger partial charge is 0.251 e. The average molecular weight is 476 g/mol. The summed E-state index contributed by atoms with van der Waals surface area (Å²) < 4.78 is 1.66. The van der Waals surface area contributed by atoms with Crippen LogP contribution in [0.1, 0.15) is 44.8 Å². The van der Waals surface area contributed by atoms with Crippen LogP contribution in [0.15, 0.2) is 71.8 Å². The van der Waals surface area contributed by atoms with Gasteiger partial charge in [-0.1, -0.05) is 59.6 Å². The molecule has 0 saturated heterocycles. The van der Waals surface area contributed by atoms with Crippen molar-refractivity contribution in [1.82, 2.24) is 15.1 Å². The second kappa shape index (κ2) is 10.4. The number of allylic oxidation sites excluding steroid dienone is 4. The van der Waals surface area contributed by atoms with Gasteiger partial charge in [-0.25, -0.2) is 4.68 Å². The van der Waals surface area contributed by atoms with E-state index in [1.165, 1.54) is 0 Å². The molecule has 0 aliphatic heterocycles. The summed E-state index contributed by atoms with van der Waals surface area (Å²) in [5, 5.41) is 11.5. The molecule has 4 rings (SSSR count). The summed E-state index contributed by atoms with van der Waals surface area (Å²) in [4.78, 5) is 25.5. The first-order valence-electron chi connectivity index (χ1n) is 11.1. The molecule has 1 amide bonds. The first-order chi connectivity index (χ1) is 16.4. The van der Waals surface area contributed by atoms with Crippen molar-refractivity contribution in [3.63, 3.8) is 0 Å². The molecule has 1 heterocycles. The fraction of sp³-hybridized carbons (Fsp3) is 0.192. The van der Waals surface area contributed by atoms with Crippen molar-refractivity contribution in [3.05, 3.63) is 94.2 Å². The predicted molar refractivity (Wildman–Crippen MR) is 136 cm³/mol. The number of amides is 1. The number of halogens is 1. The van der Waals surface area contributed by atoms with E-state index in [2.05, 4.69) is 15.7 Å². The Bertz CT molecular complexity index is 1260. The number of nitrogens with zero attached hydrogens (tertiary/aromatic N) is 2. The molecule has 0 atom stereocenters. The van der Waals surface area contributed by atoms with Crippen molar-refractivity contribution >= 4 is 40.5 Å². The van der Waals surface area contributed by atoms with Crippen LogP contribution in [0.25, 0.3) is 5.70 Å². The third-order valence-corrected chi connectivity index (χ3v) is 5.85. The van der Waals surface area contributed by atoms with Gasteiger partial charge in [0, 0.05) is 34.9 Å². The van der Waals surface area contributed by atoms with E-state index in [0.717, 1.165) is 16.3 Å². The molecule has 7 nitrogen and oxygen atoms in total. The van der Waals surface area contributed by atoms with Gasteiger partial charge in [0.05, 0.1) is 0 Å². The Balaban J connectivity index is 1.55. The van der Waals surface area contributed by atoms with E-state index in [1.807, 2.05) is 49.4 Å². The van der Waals surface area contributed by atoms with Gasteiger partial charge in [-0.3, -0.25) is 9.59 Å². The molecule has 0 radical (unpaired) electrons. The number of aryl methyl sites for hydroxylation is 1. The number of ketones is 1. The summed E-state index contributed by atoms with van der Waals surface area (Å²) in [7, 11) is 0. The second-order valence-electron chi connectivity index (χ2n) is 8.04. The fourth-order valence-corrected chi connectivity index (χ4v) is 3.80. The molecule has 0 saturated carbocycles. The minimum absolute atomic E-state index is 0.158. The van der Waals surface area contributed by atoms with Crippen LogP contribution >= 0.6 is 11.6 Å². The van der Waals surface area contributed by atoms with Crippen molar-refractivity contribution in [3.8, 4) is 0 Å². The summed E-state index contributed by atoms with van der Waals surface area (Å²) in [5.74, 6) is 0.109. The first-order valence-corrected chi connectivity index (χ1v) is 11.4. The zero-order valence-corrected chi connectivity index (χ0v) is 19.6. The molecule has 174 valence electrons. The number of hydrogen-bond acceptors (Lipinski definition) is 5. The molecule has 0 spiro atoms. The summed E-state index contributed by atoms with van der Waals surface area (Å²) in [5.41, 5.74) is 9.90. The number of nitrogens with two attached hydrogens (primary N) is 1. The molecule has 2 aromatic carbocycles. The number of aromatic nitrogens is 2. The van der Waals surface area contributed by atoms with Crippen LogP contribution in [0.4, 0.5) is 11.5 Å². The Morgan fingerprint density at radius 2 is 1.74 bits per heavy atom. The van der Waals surface area contributed by atoms with Crippen LogP contribution in [0, 0.1) is 6.92 Å². The van der Waals surface area contributed by atoms with E-state index in [-0.39, 0.29) is 23.1 Å². The topological polar surface area (TPSA) is 102 Å². The fourth-order valence-electron chi connectivity index (χ4n) is 3.64. The molecular formula is C26H26ClN5O2. The third-order valence-electron chi connectivity index (χ3n) is 5.54. The number of hydrogen-bond donors (Lipinski definition) is 3. The van der Waals surface area contributed by atoms with E-state index < -0.39 is 0 Å². The van der Waals surface area contributed by atoms with E-state index in [0.29, 0.717) is 42.9 Å². The number of benzene rings is 2. The van der Waals surface area contributed by atoms with Gasteiger partial charge in [-0.05, 0) is 44.1 Å². The highest BCUT2D eigenvalue weighted by atomic mass is 35.5. The molecule has 3 aromatic rings. The number of carbonyl (C=O) groups excluding carboxylic acids is 2. The van der Waals surface area contributed by atoms with Gasteiger partial charge < -0.3 is 16.4 Å². The third kappa shape index (κ3) is 5.21. The second-order valence-corrected chi connectivity index (χ2v) is 8.52. The lowest BCUT2D eigenvalue weighted by atomic mass is 10.1. The van der Waals surface area contributed by atoms with Crippen molar-refractivity contribution in [2.45, 2.75) is 19.8 Å². The molecular weight excluding hydrogens is 450 g/mol. The monoisotopic (exact) mass is 475 g/mol. The van der Waals surface area contributed by atoms with Crippen LogP contribution in [0.5, 0.6) is 0 Å². The van der Waals surface area contributed by atoms with Gasteiger partial charge in [0.25, 0.3) is 5.91 Å². The van der Waals surface area contributed by atoms with Crippen LogP contribution in [-0.4, -0.2) is 34.6 Å². The van der Waals surface area contributed by atoms with Crippen molar-refractivity contribution in [1.29, 1.82) is 0 Å². The SMILES string of the molecule is Cc1ccc(C(=O)c2nn(C3=CC=C(Cl)CC3)c(NCCNC(=O)c3ccccc3)c2N)cc1. The Morgan fingerprint density at radius 1 is 1.00 bits per heavy atom. The standard InChI is InChI=1S/C26H26ClN5O2/c1-17-7-9-18(10-8-17)24(33)23-22(28)25(32(31-23)21-13-11-20(27)12-14-21)29-15-16-30-26(34)19-5-3-2-4-6-19/h2-11,13,29H,12,14-16,28H2,1H3,(H,30,34). The quantitative estimate of drug-likeness (QED) is 0.326. The van der Waals surface area contributed by atoms with Gasteiger partial charge in [0.2, 0.25) is 5.78 Å². The van der Waals surface area contributed by atoms with Crippen molar-refractivity contribution in [2.24, 2.45) is 0 Å². The van der Waals surface area contributed by atoms with E-state index >= 15 is 0 Å². The minimum atomic E-state index is -0.248. The zero-order valence-electron chi connectivity index (χ0n) is 18.8. The van der Waals surface area contributed by atoms with Crippen LogP contribution in [0.3, 0.4) is 0 Å². The normalized spacial score (nSPS) is 13.1. The van der Waals surface area contributed by atoms with Crippen molar-refractivity contribution < 1.29 is 9.59 Å². The maximum absolute atomic E-state index is 13.2. The van der Waals surface area contributed by atoms with Gasteiger partial charge >= 0.3 is 0 Å². The molecule has 1 aliphatic rings. The lowest BCUT2D eigenvalue weighted by Gasteiger charge is -2.15.